The van der Waals surface area contributed by atoms with Crippen molar-refractivity contribution in [2.75, 3.05) is 11.9 Å². The van der Waals surface area contributed by atoms with Gasteiger partial charge < -0.3 is 10.4 Å². The molecule has 0 amide bonds. The van der Waals surface area contributed by atoms with Crippen molar-refractivity contribution < 1.29 is 5.11 Å². The van der Waals surface area contributed by atoms with Crippen LogP contribution in [0.1, 0.15) is 19.8 Å². The highest BCUT2D eigenvalue weighted by molar-refractivity contribution is 5.46. The van der Waals surface area contributed by atoms with Gasteiger partial charge in [-0.05, 0) is 42.5 Å². The van der Waals surface area contributed by atoms with E-state index in [9.17, 15) is 0 Å². The molecule has 0 spiro atoms. The van der Waals surface area contributed by atoms with Crippen LogP contribution in [0.15, 0.2) is 24.3 Å². The number of phenolic OH excluding ortho intramolecular Hbond substituents is 1. The first-order valence-corrected chi connectivity index (χ1v) is 4.71. The standard InChI is InChI=1S/C11H15NO/c1-11(6-7-11)8-12-9-2-4-10(13)5-3-9/h2-5,12-13H,6-8H2,1H3. The Bertz CT molecular complexity index is 287. The summed E-state index contributed by atoms with van der Waals surface area (Å²) in [6.45, 7) is 3.33. The summed E-state index contributed by atoms with van der Waals surface area (Å²) in [5.41, 5.74) is 1.61. The maximum Gasteiger partial charge on any atom is 0.115 e. The van der Waals surface area contributed by atoms with Crippen LogP contribution in [0.5, 0.6) is 5.75 Å². The van der Waals surface area contributed by atoms with Crippen LogP contribution in [-0.2, 0) is 0 Å². The summed E-state index contributed by atoms with van der Waals surface area (Å²) in [5, 5.41) is 12.4. The Hall–Kier alpha value is -1.18. The maximum atomic E-state index is 9.07. The van der Waals surface area contributed by atoms with Crippen molar-refractivity contribution >= 4 is 5.69 Å². The molecule has 2 N–H and O–H groups in total. The molecule has 0 heterocycles. The van der Waals surface area contributed by atoms with Crippen LogP contribution >= 0.6 is 0 Å². The van der Waals surface area contributed by atoms with Crippen molar-refractivity contribution in [1.82, 2.24) is 0 Å². The lowest BCUT2D eigenvalue weighted by molar-refractivity contribution is 0.475. The van der Waals surface area contributed by atoms with Gasteiger partial charge in [-0.2, -0.15) is 0 Å². The maximum absolute atomic E-state index is 9.07. The number of hydrogen-bond acceptors (Lipinski definition) is 2. The summed E-state index contributed by atoms with van der Waals surface area (Å²) < 4.78 is 0. The number of benzene rings is 1. The molecule has 1 fully saturated rings. The lowest BCUT2D eigenvalue weighted by atomic mass is 10.1. The highest BCUT2D eigenvalue weighted by Crippen LogP contribution is 2.44. The van der Waals surface area contributed by atoms with E-state index in [0.717, 1.165) is 12.2 Å². The first-order valence-electron chi connectivity index (χ1n) is 4.71. The molecule has 0 aromatic heterocycles. The molecule has 0 atom stereocenters. The first kappa shape index (κ1) is 8.42. The molecule has 0 aliphatic heterocycles. The largest absolute Gasteiger partial charge is 0.508 e. The molecule has 1 aromatic carbocycles. The minimum absolute atomic E-state index is 0.322. The van der Waals surface area contributed by atoms with Crippen LogP contribution in [0.4, 0.5) is 5.69 Å². The van der Waals surface area contributed by atoms with E-state index in [4.69, 9.17) is 5.11 Å². The molecule has 13 heavy (non-hydrogen) atoms. The Kier molecular flexibility index (Phi) is 1.91. The topological polar surface area (TPSA) is 32.3 Å². The third kappa shape index (κ3) is 2.14. The molecule has 2 nitrogen and oxygen atoms in total. The molecule has 70 valence electrons. The molecule has 1 aliphatic carbocycles. The van der Waals surface area contributed by atoms with Crippen molar-refractivity contribution in [2.24, 2.45) is 5.41 Å². The second-order valence-corrected chi connectivity index (χ2v) is 4.21. The molecule has 1 aromatic rings. The number of hydrogen-bond donors (Lipinski definition) is 2. The smallest absolute Gasteiger partial charge is 0.115 e. The van der Waals surface area contributed by atoms with E-state index in [2.05, 4.69) is 12.2 Å². The fourth-order valence-corrected chi connectivity index (χ4v) is 1.28. The summed E-state index contributed by atoms with van der Waals surface area (Å²) in [6.07, 6.45) is 2.66. The van der Waals surface area contributed by atoms with Gasteiger partial charge in [0.05, 0.1) is 0 Å². The lowest BCUT2D eigenvalue weighted by Gasteiger charge is -2.10. The predicted octanol–water partition coefficient (Wildman–Crippen LogP) is 2.60. The molecule has 1 aliphatic rings. The fraction of sp³-hybridized carbons (Fsp3) is 0.455. The Morgan fingerprint density at radius 1 is 1.31 bits per heavy atom. The van der Waals surface area contributed by atoms with Crippen LogP contribution in [0.3, 0.4) is 0 Å². The lowest BCUT2D eigenvalue weighted by Crippen LogP contribution is -2.11. The Morgan fingerprint density at radius 2 is 1.92 bits per heavy atom. The minimum Gasteiger partial charge on any atom is -0.508 e. The summed E-state index contributed by atoms with van der Waals surface area (Å²) in [7, 11) is 0. The molecule has 2 rings (SSSR count). The zero-order valence-corrected chi connectivity index (χ0v) is 7.88. The van der Waals surface area contributed by atoms with Gasteiger partial charge in [0, 0.05) is 12.2 Å². The third-order valence-corrected chi connectivity index (χ3v) is 2.69. The average molecular weight is 177 g/mol. The molecule has 1 saturated carbocycles. The van der Waals surface area contributed by atoms with Gasteiger partial charge in [0.15, 0.2) is 0 Å². The van der Waals surface area contributed by atoms with Gasteiger partial charge in [0.2, 0.25) is 0 Å². The quantitative estimate of drug-likeness (QED) is 0.695. The van der Waals surface area contributed by atoms with E-state index in [1.54, 1.807) is 12.1 Å². The number of anilines is 1. The van der Waals surface area contributed by atoms with E-state index < -0.39 is 0 Å². The first-order chi connectivity index (χ1) is 6.18. The molecule has 0 saturated heterocycles. The number of rotatable bonds is 3. The molecule has 0 bridgehead atoms. The number of nitrogens with one attached hydrogen (secondary N) is 1. The zero-order valence-electron chi connectivity index (χ0n) is 7.88. The highest BCUT2D eigenvalue weighted by Gasteiger charge is 2.36. The van der Waals surface area contributed by atoms with Crippen LogP contribution < -0.4 is 5.32 Å². The van der Waals surface area contributed by atoms with Crippen molar-refractivity contribution in [2.45, 2.75) is 19.8 Å². The van der Waals surface area contributed by atoms with E-state index in [-0.39, 0.29) is 0 Å². The van der Waals surface area contributed by atoms with Crippen molar-refractivity contribution in [3.8, 4) is 5.75 Å². The minimum atomic E-state index is 0.322. The zero-order chi connectivity index (χ0) is 9.31. The number of aromatic hydroxyl groups is 1. The monoisotopic (exact) mass is 177 g/mol. The fourth-order valence-electron chi connectivity index (χ4n) is 1.28. The van der Waals surface area contributed by atoms with Crippen molar-refractivity contribution in [3.63, 3.8) is 0 Å². The summed E-state index contributed by atoms with van der Waals surface area (Å²) in [6, 6.07) is 7.22. The summed E-state index contributed by atoms with van der Waals surface area (Å²) in [4.78, 5) is 0. The van der Waals surface area contributed by atoms with Gasteiger partial charge in [0.25, 0.3) is 0 Å². The molecular formula is C11H15NO. The van der Waals surface area contributed by atoms with Crippen molar-refractivity contribution in [3.05, 3.63) is 24.3 Å². The van der Waals surface area contributed by atoms with Gasteiger partial charge >= 0.3 is 0 Å². The normalized spacial score (nSPS) is 18.2. The Balaban J connectivity index is 1.91. The van der Waals surface area contributed by atoms with Crippen LogP contribution in [0.25, 0.3) is 0 Å². The van der Waals surface area contributed by atoms with Crippen LogP contribution in [0, 0.1) is 5.41 Å². The molecular weight excluding hydrogens is 162 g/mol. The van der Waals surface area contributed by atoms with E-state index in [0.29, 0.717) is 11.2 Å². The van der Waals surface area contributed by atoms with Gasteiger partial charge in [-0.1, -0.05) is 6.92 Å². The predicted molar refractivity (Wildman–Crippen MR) is 53.9 cm³/mol. The average Bonchev–Trinajstić information content (AvgIpc) is 2.84. The highest BCUT2D eigenvalue weighted by atomic mass is 16.3. The summed E-state index contributed by atoms with van der Waals surface area (Å²) >= 11 is 0. The Labute approximate surface area is 78.6 Å². The van der Waals surface area contributed by atoms with Gasteiger partial charge in [-0.25, -0.2) is 0 Å². The second kappa shape index (κ2) is 2.95. The molecule has 2 heteroatoms. The second-order valence-electron chi connectivity index (χ2n) is 4.21. The van der Waals surface area contributed by atoms with E-state index in [1.165, 1.54) is 12.8 Å². The molecule has 0 unspecified atom stereocenters. The summed E-state index contributed by atoms with van der Waals surface area (Å²) in [5.74, 6) is 0.322. The van der Waals surface area contributed by atoms with E-state index >= 15 is 0 Å². The van der Waals surface area contributed by atoms with Crippen molar-refractivity contribution in [1.29, 1.82) is 0 Å². The van der Waals surface area contributed by atoms with Crippen LogP contribution in [-0.4, -0.2) is 11.7 Å². The SMILES string of the molecule is CC1(CNc2ccc(O)cc2)CC1. The number of phenols is 1. The van der Waals surface area contributed by atoms with Crippen LogP contribution in [0.2, 0.25) is 0 Å². The van der Waals surface area contributed by atoms with Gasteiger partial charge in [-0.3, -0.25) is 0 Å². The van der Waals surface area contributed by atoms with Gasteiger partial charge in [-0.15, -0.1) is 0 Å². The molecule has 0 radical (unpaired) electrons. The van der Waals surface area contributed by atoms with Gasteiger partial charge in [0.1, 0.15) is 5.75 Å². The third-order valence-electron chi connectivity index (χ3n) is 2.69. The Morgan fingerprint density at radius 3 is 2.46 bits per heavy atom. The van der Waals surface area contributed by atoms with E-state index in [1.807, 2.05) is 12.1 Å².